The highest BCUT2D eigenvalue weighted by atomic mass is 16.2. The molecule has 120 valence electrons. The van der Waals surface area contributed by atoms with Crippen molar-refractivity contribution in [2.75, 3.05) is 52.4 Å². The van der Waals surface area contributed by atoms with Crippen LogP contribution < -0.4 is 10.6 Å². The number of rotatable bonds is 5. The van der Waals surface area contributed by atoms with Crippen LogP contribution in [0, 0.1) is 5.92 Å². The van der Waals surface area contributed by atoms with Crippen molar-refractivity contribution in [2.24, 2.45) is 5.92 Å². The van der Waals surface area contributed by atoms with Crippen molar-refractivity contribution in [3.05, 3.63) is 0 Å². The molecule has 0 radical (unpaired) electrons. The molecule has 2 aliphatic rings. The summed E-state index contributed by atoms with van der Waals surface area (Å²) in [6.07, 6.45) is 2.88. The molecular weight excluding hydrogens is 268 g/mol. The maximum atomic E-state index is 12.4. The Labute approximate surface area is 127 Å². The monoisotopic (exact) mass is 296 g/mol. The molecule has 2 N–H and O–H groups in total. The fourth-order valence-electron chi connectivity index (χ4n) is 2.98. The number of piperazine rings is 1. The highest BCUT2D eigenvalue weighted by Gasteiger charge is 2.28. The highest BCUT2D eigenvalue weighted by Crippen LogP contribution is 2.16. The number of amides is 2. The molecule has 0 atom stereocenters. The maximum Gasteiger partial charge on any atom is 0.234 e. The summed E-state index contributed by atoms with van der Waals surface area (Å²) >= 11 is 0. The van der Waals surface area contributed by atoms with E-state index in [2.05, 4.69) is 15.5 Å². The number of nitrogens with one attached hydrogen (secondary N) is 2. The Balaban J connectivity index is 1.70. The minimum absolute atomic E-state index is 0.0926. The van der Waals surface area contributed by atoms with Crippen LogP contribution >= 0.6 is 0 Å². The zero-order valence-corrected chi connectivity index (χ0v) is 13.1. The quantitative estimate of drug-likeness (QED) is 0.728. The molecular formula is C15H28N4O2. The molecule has 2 rings (SSSR count). The van der Waals surface area contributed by atoms with E-state index in [1.807, 2.05) is 11.8 Å². The Morgan fingerprint density at radius 2 is 1.81 bits per heavy atom. The maximum absolute atomic E-state index is 12.4. The lowest BCUT2D eigenvalue weighted by atomic mass is 9.96. The van der Waals surface area contributed by atoms with E-state index < -0.39 is 0 Å². The average molecular weight is 296 g/mol. The van der Waals surface area contributed by atoms with Gasteiger partial charge in [0.1, 0.15) is 0 Å². The molecule has 6 heteroatoms. The van der Waals surface area contributed by atoms with E-state index in [1.165, 1.54) is 0 Å². The van der Waals surface area contributed by atoms with Crippen LogP contribution in [0.15, 0.2) is 0 Å². The fourth-order valence-corrected chi connectivity index (χ4v) is 2.98. The summed E-state index contributed by atoms with van der Waals surface area (Å²) in [4.78, 5) is 28.2. The van der Waals surface area contributed by atoms with Crippen molar-refractivity contribution in [3.8, 4) is 0 Å². The molecule has 0 aromatic rings. The number of piperidine rings is 1. The topological polar surface area (TPSA) is 64.7 Å². The summed E-state index contributed by atoms with van der Waals surface area (Å²) in [6.45, 7) is 8.26. The van der Waals surface area contributed by atoms with Gasteiger partial charge in [0.25, 0.3) is 0 Å². The van der Waals surface area contributed by atoms with Crippen molar-refractivity contribution in [1.82, 2.24) is 20.4 Å². The van der Waals surface area contributed by atoms with Crippen molar-refractivity contribution in [3.63, 3.8) is 0 Å². The number of hydrogen-bond acceptors (Lipinski definition) is 4. The summed E-state index contributed by atoms with van der Waals surface area (Å²) in [7, 11) is 0. The number of nitrogens with zero attached hydrogens (tertiary/aromatic N) is 2. The first-order chi connectivity index (χ1) is 10.2. The van der Waals surface area contributed by atoms with Gasteiger partial charge in [0, 0.05) is 38.6 Å². The molecule has 21 heavy (non-hydrogen) atoms. The number of carbonyl (C=O) groups excluding carboxylic acids is 2. The molecule has 2 saturated heterocycles. The van der Waals surface area contributed by atoms with Gasteiger partial charge in [0.15, 0.2) is 0 Å². The second-order valence-corrected chi connectivity index (χ2v) is 5.98. The van der Waals surface area contributed by atoms with Crippen molar-refractivity contribution < 1.29 is 9.59 Å². The van der Waals surface area contributed by atoms with Gasteiger partial charge in [-0.25, -0.2) is 0 Å². The molecule has 0 aliphatic carbocycles. The Kier molecular flexibility index (Phi) is 6.45. The second kappa shape index (κ2) is 8.34. The Morgan fingerprint density at radius 1 is 1.14 bits per heavy atom. The largest absolute Gasteiger partial charge is 0.355 e. The third-order valence-corrected chi connectivity index (χ3v) is 4.31. The van der Waals surface area contributed by atoms with E-state index in [0.717, 1.165) is 65.1 Å². The highest BCUT2D eigenvalue weighted by molar-refractivity contribution is 5.79. The fraction of sp³-hybridized carbons (Fsp3) is 0.867. The first-order valence-electron chi connectivity index (χ1n) is 8.19. The lowest BCUT2D eigenvalue weighted by Crippen LogP contribution is -2.53. The van der Waals surface area contributed by atoms with E-state index >= 15 is 0 Å². The van der Waals surface area contributed by atoms with Gasteiger partial charge in [-0.15, -0.1) is 0 Å². The van der Waals surface area contributed by atoms with Gasteiger partial charge in [-0.2, -0.15) is 0 Å². The summed E-state index contributed by atoms with van der Waals surface area (Å²) in [5, 5.41) is 6.19. The minimum atomic E-state index is 0.0926. The molecule has 0 unspecified atom stereocenters. The second-order valence-electron chi connectivity index (χ2n) is 5.98. The molecule has 0 aromatic carbocycles. The molecule has 0 spiro atoms. The zero-order valence-electron chi connectivity index (χ0n) is 13.1. The first-order valence-corrected chi connectivity index (χ1v) is 8.19. The van der Waals surface area contributed by atoms with Crippen molar-refractivity contribution in [2.45, 2.75) is 26.2 Å². The predicted octanol–water partition coefficient (Wildman–Crippen LogP) is -0.344. The van der Waals surface area contributed by atoms with Gasteiger partial charge >= 0.3 is 0 Å². The van der Waals surface area contributed by atoms with E-state index in [-0.39, 0.29) is 11.8 Å². The molecule has 0 saturated carbocycles. The molecule has 0 aromatic heterocycles. The van der Waals surface area contributed by atoms with Crippen molar-refractivity contribution in [1.29, 1.82) is 0 Å². The third kappa shape index (κ3) is 4.97. The average Bonchev–Trinajstić information content (AvgIpc) is 2.54. The number of hydrogen-bond donors (Lipinski definition) is 2. The van der Waals surface area contributed by atoms with Crippen LogP contribution in [0.1, 0.15) is 26.2 Å². The van der Waals surface area contributed by atoms with Crippen LogP contribution in [0.2, 0.25) is 0 Å². The lowest BCUT2D eigenvalue weighted by molar-refractivity contribution is -0.138. The normalized spacial score (nSPS) is 21.3. The lowest BCUT2D eigenvalue weighted by Gasteiger charge is -2.36. The van der Waals surface area contributed by atoms with Crippen LogP contribution in [-0.2, 0) is 9.59 Å². The van der Waals surface area contributed by atoms with Crippen LogP contribution in [0.5, 0.6) is 0 Å². The first kappa shape index (κ1) is 16.2. The predicted molar refractivity (Wildman–Crippen MR) is 81.9 cm³/mol. The summed E-state index contributed by atoms with van der Waals surface area (Å²) in [5.74, 6) is 0.604. The van der Waals surface area contributed by atoms with E-state index in [4.69, 9.17) is 0 Å². The Morgan fingerprint density at radius 3 is 2.43 bits per heavy atom. The molecule has 0 bridgehead atoms. The summed E-state index contributed by atoms with van der Waals surface area (Å²) in [6, 6.07) is 0. The Bertz CT molecular complexity index is 348. The smallest absolute Gasteiger partial charge is 0.234 e. The van der Waals surface area contributed by atoms with E-state index in [9.17, 15) is 9.59 Å². The van der Waals surface area contributed by atoms with Gasteiger partial charge in [0.2, 0.25) is 11.8 Å². The molecule has 2 aliphatic heterocycles. The van der Waals surface area contributed by atoms with E-state index in [0.29, 0.717) is 12.5 Å². The van der Waals surface area contributed by atoms with Crippen LogP contribution in [0.25, 0.3) is 0 Å². The molecule has 2 amide bonds. The third-order valence-electron chi connectivity index (χ3n) is 4.31. The van der Waals surface area contributed by atoms with Gasteiger partial charge in [-0.1, -0.05) is 6.92 Å². The van der Waals surface area contributed by atoms with Crippen LogP contribution in [0.3, 0.4) is 0 Å². The molecule has 2 heterocycles. The number of carbonyl (C=O) groups is 2. The van der Waals surface area contributed by atoms with Crippen molar-refractivity contribution >= 4 is 11.8 Å². The van der Waals surface area contributed by atoms with Crippen LogP contribution in [-0.4, -0.2) is 74.0 Å². The van der Waals surface area contributed by atoms with Gasteiger partial charge < -0.3 is 15.5 Å². The standard InChI is InChI=1S/C15H28N4O2/c1-2-5-17-14(20)12-18-8-10-19(11-9-18)15(21)13-3-6-16-7-4-13/h13,16H,2-12H2,1H3,(H,17,20). The summed E-state index contributed by atoms with van der Waals surface area (Å²) < 4.78 is 0. The molecule has 6 nitrogen and oxygen atoms in total. The van der Waals surface area contributed by atoms with E-state index in [1.54, 1.807) is 0 Å². The van der Waals surface area contributed by atoms with Gasteiger partial charge in [-0.3, -0.25) is 14.5 Å². The van der Waals surface area contributed by atoms with Crippen LogP contribution in [0.4, 0.5) is 0 Å². The minimum Gasteiger partial charge on any atom is -0.355 e. The summed E-state index contributed by atoms with van der Waals surface area (Å²) in [5.41, 5.74) is 0. The SMILES string of the molecule is CCCNC(=O)CN1CCN(C(=O)C2CCNCC2)CC1. The van der Waals surface area contributed by atoms with Gasteiger partial charge in [-0.05, 0) is 32.4 Å². The molecule has 2 fully saturated rings. The van der Waals surface area contributed by atoms with Gasteiger partial charge in [0.05, 0.1) is 6.54 Å². The zero-order chi connectivity index (χ0) is 15.1. The Hall–Kier alpha value is -1.14.